The lowest BCUT2D eigenvalue weighted by Gasteiger charge is -2.06. The molecule has 3 N–H and O–H groups in total. The average Bonchev–Trinajstić information content (AvgIpc) is 2.26. The van der Waals surface area contributed by atoms with E-state index in [1.807, 2.05) is 12.2 Å². The molecule has 0 rings (SSSR count). The average molecular weight is 246 g/mol. The van der Waals surface area contributed by atoms with Crippen LogP contribution in [0.4, 0.5) is 4.79 Å². The Morgan fingerprint density at radius 3 is 2.53 bits per heavy atom. The number of urea groups is 1. The highest BCUT2D eigenvalue weighted by atomic mass is 16.5. The third-order valence-corrected chi connectivity index (χ3v) is 1.77. The van der Waals surface area contributed by atoms with Crippen LogP contribution in [-0.2, 0) is 14.3 Å². The molecule has 17 heavy (non-hydrogen) atoms. The monoisotopic (exact) mass is 246 g/mol. The van der Waals surface area contributed by atoms with Gasteiger partial charge in [-0.15, -0.1) is 0 Å². The predicted molar refractivity (Wildman–Crippen MR) is 59.5 cm³/mol. The first-order valence-corrected chi connectivity index (χ1v) is 5.43. The molecule has 0 unspecified atom stereocenters. The molecule has 0 aromatic carbocycles. The highest BCUT2D eigenvalue weighted by Crippen LogP contribution is 1.88. The first-order chi connectivity index (χ1) is 8.06. The molecule has 0 aliphatic rings. The molecule has 98 valence electrons. The van der Waals surface area contributed by atoms with E-state index in [-0.39, 0.29) is 12.8 Å². The van der Waals surface area contributed by atoms with E-state index < -0.39 is 17.9 Å². The second-order valence-electron chi connectivity index (χ2n) is 3.25. The minimum absolute atomic E-state index is 0.207. The molecule has 0 spiro atoms. The second-order valence-corrected chi connectivity index (χ2v) is 3.25. The molecule has 0 aliphatic heterocycles. The molecule has 0 aromatic rings. The number of amides is 3. The SMILES string of the molecule is CCOCCCNC(=O)NC(=O)CCC(=O)O. The van der Waals surface area contributed by atoms with E-state index in [0.29, 0.717) is 26.2 Å². The van der Waals surface area contributed by atoms with E-state index in [0.717, 1.165) is 0 Å². The molecule has 0 heterocycles. The zero-order chi connectivity index (χ0) is 13.1. The number of carbonyl (C=O) groups excluding carboxylic acids is 2. The van der Waals surface area contributed by atoms with Crippen LogP contribution in [0.1, 0.15) is 26.2 Å². The van der Waals surface area contributed by atoms with Gasteiger partial charge in [0.25, 0.3) is 0 Å². The summed E-state index contributed by atoms with van der Waals surface area (Å²) in [4.78, 5) is 32.3. The number of carboxylic acid groups (broad SMARTS) is 1. The summed E-state index contributed by atoms with van der Waals surface area (Å²) in [6, 6.07) is -0.614. The molecule has 0 bridgehead atoms. The normalized spacial score (nSPS) is 9.71. The zero-order valence-electron chi connectivity index (χ0n) is 9.82. The Morgan fingerprint density at radius 1 is 1.24 bits per heavy atom. The summed E-state index contributed by atoms with van der Waals surface area (Å²) in [6.45, 7) is 3.45. The van der Waals surface area contributed by atoms with Crippen molar-refractivity contribution in [1.82, 2.24) is 10.6 Å². The van der Waals surface area contributed by atoms with Gasteiger partial charge in [-0.05, 0) is 13.3 Å². The van der Waals surface area contributed by atoms with Gasteiger partial charge in [-0.3, -0.25) is 14.9 Å². The Morgan fingerprint density at radius 2 is 1.94 bits per heavy atom. The summed E-state index contributed by atoms with van der Waals surface area (Å²) in [5, 5.41) is 12.8. The van der Waals surface area contributed by atoms with Crippen LogP contribution >= 0.6 is 0 Å². The lowest BCUT2D eigenvalue weighted by atomic mass is 10.3. The number of ether oxygens (including phenoxy) is 1. The minimum Gasteiger partial charge on any atom is -0.481 e. The lowest BCUT2D eigenvalue weighted by molar-refractivity contribution is -0.138. The Kier molecular flexibility index (Phi) is 8.67. The summed E-state index contributed by atoms with van der Waals surface area (Å²) in [6.07, 6.45) is 0.162. The van der Waals surface area contributed by atoms with Crippen LogP contribution in [0.25, 0.3) is 0 Å². The molecule has 0 radical (unpaired) electrons. The highest BCUT2D eigenvalue weighted by molar-refractivity contribution is 5.95. The Hall–Kier alpha value is -1.63. The zero-order valence-corrected chi connectivity index (χ0v) is 9.82. The van der Waals surface area contributed by atoms with Crippen LogP contribution in [0, 0.1) is 0 Å². The smallest absolute Gasteiger partial charge is 0.321 e. The Balaban J connectivity index is 3.50. The minimum atomic E-state index is -1.07. The largest absolute Gasteiger partial charge is 0.481 e. The molecule has 0 atom stereocenters. The first kappa shape index (κ1) is 15.4. The highest BCUT2D eigenvalue weighted by Gasteiger charge is 2.08. The molecule has 0 saturated heterocycles. The van der Waals surface area contributed by atoms with Gasteiger partial charge in [0.15, 0.2) is 0 Å². The number of hydrogen-bond donors (Lipinski definition) is 3. The lowest BCUT2D eigenvalue weighted by Crippen LogP contribution is -2.40. The number of rotatable bonds is 8. The molecule has 3 amide bonds. The summed E-state index contributed by atoms with van der Waals surface area (Å²) in [5.41, 5.74) is 0. The standard InChI is InChI=1S/C10H18N2O5/c1-2-17-7-3-6-11-10(16)12-8(13)4-5-9(14)15/h2-7H2,1H3,(H,14,15)(H2,11,12,13,16). The number of carbonyl (C=O) groups is 3. The van der Waals surface area contributed by atoms with Gasteiger partial charge in [0.1, 0.15) is 0 Å². The second kappa shape index (κ2) is 9.59. The third-order valence-electron chi connectivity index (χ3n) is 1.77. The summed E-state index contributed by atoms with van der Waals surface area (Å²) in [5.74, 6) is -1.67. The van der Waals surface area contributed by atoms with Gasteiger partial charge in [-0.2, -0.15) is 0 Å². The summed E-state index contributed by atoms with van der Waals surface area (Å²) in [7, 11) is 0. The van der Waals surface area contributed by atoms with E-state index in [9.17, 15) is 14.4 Å². The number of carboxylic acids is 1. The maximum absolute atomic E-state index is 11.1. The Bertz CT molecular complexity index is 267. The van der Waals surface area contributed by atoms with Crippen LogP contribution in [0.2, 0.25) is 0 Å². The first-order valence-electron chi connectivity index (χ1n) is 5.43. The van der Waals surface area contributed by atoms with Crippen molar-refractivity contribution in [2.75, 3.05) is 19.8 Å². The van der Waals surface area contributed by atoms with Crippen LogP contribution < -0.4 is 10.6 Å². The quantitative estimate of drug-likeness (QED) is 0.527. The van der Waals surface area contributed by atoms with Crippen molar-refractivity contribution in [3.63, 3.8) is 0 Å². The Labute approximate surface area is 99.5 Å². The van der Waals surface area contributed by atoms with E-state index in [4.69, 9.17) is 9.84 Å². The number of nitrogens with one attached hydrogen (secondary N) is 2. The number of aliphatic carboxylic acids is 1. The molecule has 0 fully saturated rings. The van der Waals surface area contributed by atoms with Crippen molar-refractivity contribution < 1.29 is 24.2 Å². The van der Waals surface area contributed by atoms with Crippen LogP contribution in [0.5, 0.6) is 0 Å². The van der Waals surface area contributed by atoms with Crippen molar-refractivity contribution in [3.8, 4) is 0 Å². The van der Waals surface area contributed by atoms with Crippen molar-refractivity contribution in [2.45, 2.75) is 26.2 Å². The molecule has 0 saturated carbocycles. The van der Waals surface area contributed by atoms with Gasteiger partial charge in [-0.25, -0.2) is 4.79 Å². The molecule has 0 aliphatic carbocycles. The van der Waals surface area contributed by atoms with Crippen LogP contribution in [0.15, 0.2) is 0 Å². The molecular weight excluding hydrogens is 228 g/mol. The summed E-state index contributed by atoms with van der Waals surface area (Å²) < 4.78 is 5.06. The number of hydrogen-bond acceptors (Lipinski definition) is 4. The van der Waals surface area contributed by atoms with Gasteiger partial charge in [0.2, 0.25) is 5.91 Å². The van der Waals surface area contributed by atoms with Gasteiger partial charge in [-0.1, -0.05) is 0 Å². The van der Waals surface area contributed by atoms with E-state index in [1.165, 1.54) is 0 Å². The fraction of sp³-hybridized carbons (Fsp3) is 0.700. The maximum Gasteiger partial charge on any atom is 0.321 e. The van der Waals surface area contributed by atoms with Crippen molar-refractivity contribution >= 4 is 17.9 Å². The van der Waals surface area contributed by atoms with E-state index in [1.54, 1.807) is 0 Å². The molecule has 0 aromatic heterocycles. The third kappa shape index (κ3) is 10.6. The van der Waals surface area contributed by atoms with Gasteiger partial charge in [0, 0.05) is 26.2 Å². The van der Waals surface area contributed by atoms with Crippen LogP contribution in [0.3, 0.4) is 0 Å². The van der Waals surface area contributed by atoms with E-state index >= 15 is 0 Å². The fourth-order valence-corrected chi connectivity index (χ4v) is 0.974. The van der Waals surface area contributed by atoms with Gasteiger partial charge < -0.3 is 15.2 Å². The number of imide groups is 1. The van der Waals surface area contributed by atoms with Crippen molar-refractivity contribution in [3.05, 3.63) is 0 Å². The van der Waals surface area contributed by atoms with Gasteiger partial charge >= 0.3 is 12.0 Å². The topological polar surface area (TPSA) is 105 Å². The predicted octanol–water partition coefficient (Wildman–Crippen LogP) is 0.104. The van der Waals surface area contributed by atoms with E-state index in [2.05, 4.69) is 5.32 Å². The molecule has 7 nitrogen and oxygen atoms in total. The van der Waals surface area contributed by atoms with Gasteiger partial charge in [0.05, 0.1) is 6.42 Å². The van der Waals surface area contributed by atoms with Crippen molar-refractivity contribution in [1.29, 1.82) is 0 Å². The summed E-state index contributed by atoms with van der Waals surface area (Å²) >= 11 is 0. The molecular formula is C10H18N2O5. The molecule has 7 heteroatoms. The maximum atomic E-state index is 11.1. The van der Waals surface area contributed by atoms with Crippen LogP contribution in [-0.4, -0.2) is 42.8 Å². The fourth-order valence-electron chi connectivity index (χ4n) is 0.974. The van der Waals surface area contributed by atoms with Crippen molar-refractivity contribution in [2.24, 2.45) is 0 Å².